The van der Waals surface area contributed by atoms with Crippen molar-refractivity contribution >= 4 is 33.4 Å². The molecule has 5 heteroatoms. The molecule has 22 heavy (non-hydrogen) atoms. The summed E-state index contributed by atoms with van der Waals surface area (Å²) in [5.41, 5.74) is 0.811. The van der Waals surface area contributed by atoms with E-state index in [-0.39, 0.29) is 17.2 Å². The number of anilines is 1. The molecular weight excluding hydrogens is 344 g/mol. The van der Waals surface area contributed by atoms with Crippen LogP contribution in [0.3, 0.4) is 0 Å². The Morgan fingerprint density at radius 2 is 1.82 bits per heavy atom. The highest BCUT2D eigenvalue weighted by molar-refractivity contribution is 9.10. The van der Waals surface area contributed by atoms with E-state index in [4.69, 9.17) is 0 Å². The first-order chi connectivity index (χ1) is 10.2. The normalized spacial score (nSPS) is 19.5. The third-order valence-corrected chi connectivity index (χ3v) is 4.32. The lowest BCUT2D eigenvalue weighted by atomic mass is 9.91. The first-order valence-corrected chi connectivity index (χ1v) is 8.35. The van der Waals surface area contributed by atoms with E-state index in [1.807, 2.05) is 52.0 Å². The topological polar surface area (TPSA) is 40.6 Å². The summed E-state index contributed by atoms with van der Waals surface area (Å²) in [5.74, 6) is 0.0413. The van der Waals surface area contributed by atoms with Crippen molar-refractivity contribution < 1.29 is 9.59 Å². The molecule has 1 saturated heterocycles. The van der Waals surface area contributed by atoms with E-state index in [1.54, 1.807) is 9.80 Å². The Hall–Kier alpha value is -1.36. The molecule has 0 aromatic heterocycles. The molecule has 1 fully saturated rings. The predicted octanol–water partition coefficient (Wildman–Crippen LogP) is 3.45. The van der Waals surface area contributed by atoms with Crippen molar-refractivity contribution in [2.75, 3.05) is 18.0 Å². The zero-order valence-electron chi connectivity index (χ0n) is 13.6. The second-order valence-electron chi connectivity index (χ2n) is 6.97. The van der Waals surface area contributed by atoms with Crippen LogP contribution >= 0.6 is 15.9 Å². The minimum atomic E-state index is -0.410. The average Bonchev–Trinajstić information content (AvgIpc) is 2.41. The number of halogens is 1. The Morgan fingerprint density at radius 1 is 1.23 bits per heavy atom. The van der Waals surface area contributed by atoms with Crippen molar-refractivity contribution in [3.05, 3.63) is 28.7 Å². The van der Waals surface area contributed by atoms with Gasteiger partial charge in [-0.3, -0.25) is 9.59 Å². The summed E-state index contributed by atoms with van der Waals surface area (Å²) in [6.45, 7) is 9.05. The van der Waals surface area contributed by atoms with E-state index in [9.17, 15) is 9.59 Å². The molecular formula is C17H23BrN2O2. The SMILES string of the molecule is CC1C(=O)N(c2ccc(Br)cc2)CCN1C(=O)CC(C)(C)C. The predicted molar refractivity (Wildman–Crippen MR) is 91.7 cm³/mol. The average molecular weight is 367 g/mol. The van der Waals surface area contributed by atoms with Gasteiger partial charge < -0.3 is 9.80 Å². The summed E-state index contributed by atoms with van der Waals surface area (Å²) in [5, 5.41) is 0. The van der Waals surface area contributed by atoms with Gasteiger partial charge in [0.2, 0.25) is 11.8 Å². The van der Waals surface area contributed by atoms with Crippen LogP contribution in [0.25, 0.3) is 0 Å². The fraction of sp³-hybridized carbons (Fsp3) is 0.529. The number of amides is 2. The van der Waals surface area contributed by atoms with Crippen molar-refractivity contribution in [3.63, 3.8) is 0 Å². The molecule has 1 aliphatic rings. The minimum absolute atomic E-state index is 0.0177. The number of hydrogen-bond donors (Lipinski definition) is 0. The van der Waals surface area contributed by atoms with Gasteiger partial charge in [-0.2, -0.15) is 0 Å². The van der Waals surface area contributed by atoms with Gasteiger partial charge in [0.25, 0.3) is 0 Å². The standard InChI is InChI=1S/C17H23BrN2O2/c1-12-16(22)20(14-7-5-13(18)6-8-14)10-9-19(12)15(21)11-17(2,3)4/h5-8,12H,9-11H2,1-4H3. The molecule has 0 N–H and O–H groups in total. The van der Waals surface area contributed by atoms with Gasteiger partial charge in [0.1, 0.15) is 6.04 Å². The van der Waals surface area contributed by atoms with Crippen LogP contribution in [-0.2, 0) is 9.59 Å². The summed E-state index contributed by atoms with van der Waals surface area (Å²) in [6.07, 6.45) is 0.461. The molecule has 0 aliphatic carbocycles. The second-order valence-corrected chi connectivity index (χ2v) is 7.88. The van der Waals surface area contributed by atoms with Crippen molar-refractivity contribution in [1.29, 1.82) is 0 Å². The molecule has 0 radical (unpaired) electrons. The Morgan fingerprint density at radius 3 is 2.36 bits per heavy atom. The van der Waals surface area contributed by atoms with Crippen LogP contribution < -0.4 is 4.90 Å². The summed E-state index contributed by atoms with van der Waals surface area (Å²) in [7, 11) is 0. The van der Waals surface area contributed by atoms with Gasteiger partial charge in [0.05, 0.1) is 0 Å². The third-order valence-electron chi connectivity index (χ3n) is 3.80. The molecule has 0 saturated carbocycles. The molecule has 1 aromatic carbocycles. The Labute approximate surface area is 140 Å². The van der Waals surface area contributed by atoms with Crippen LogP contribution in [-0.4, -0.2) is 35.8 Å². The Balaban J connectivity index is 2.11. The number of carbonyl (C=O) groups excluding carboxylic acids is 2. The lowest BCUT2D eigenvalue weighted by Gasteiger charge is -2.40. The first-order valence-electron chi connectivity index (χ1n) is 7.55. The van der Waals surface area contributed by atoms with E-state index < -0.39 is 6.04 Å². The zero-order valence-corrected chi connectivity index (χ0v) is 15.2. The number of benzene rings is 1. The van der Waals surface area contributed by atoms with E-state index in [0.717, 1.165) is 10.2 Å². The fourth-order valence-corrected chi connectivity index (χ4v) is 2.91. The summed E-state index contributed by atoms with van der Waals surface area (Å²) in [4.78, 5) is 28.5. The third kappa shape index (κ3) is 3.88. The van der Waals surface area contributed by atoms with Gasteiger partial charge in [-0.1, -0.05) is 36.7 Å². The van der Waals surface area contributed by atoms with Crippen LogP contribution in [0.2, 0.25) is 0 Å². The van der Waals surface area contributed by atoms with Gasteiger partial charge in [0.15, 0.2) is 0 Å². The Kier molecular flexibility index (Phi) is 4.95. The van der Waals surface area contributed by atoms with Gasteiger partial charge in [-0.15, -0.1) is 0 Å². The zero-order chi connectivity index (χ0) is 16.5. The van der Waals surface area contributed by atoms with Crippen molar-refractivity contribution in [3.8, 4) is 0 Å². The van der Waals surface area contributed by atoms with Crippen LogP contribution in [0.4, 0.5) is 5.69 Å². The summed E-state index contributed by atoms with van der Waals surface area (Å²) < 4.78 is 0.982. The number of piperazine rings is 1. The number of carbonyl (C=O) groups is 2. The van der Waals surface area contributed by atoms with E-state index >= 15 is 0 Å². The second kappa shape index (κ2) is 6.41. The van der Waals surface area contributed by atoms with Gasteiger partial charge in [0, 0.05) is 29.7 Å². The molecule has 2 rings (SSSR count). The largest absolute Gasteiger partial charge is 0.329 e. The van der Waals surface area contributed by atoms with Crippen molar-refractivity contribution in [2.24, 2.45) is 5.41 Å². The Bertz CT molecular complexity index is 563. The summed E-state index contributed by atoms with van der Waals surface area (Å²) in [6, 6.07) is 7.27. The lowest BCUT2D eigenvalue weighted by molar-refractivity contribution is -0.142. The molecule has 120 valence electrons. The molecule has 0 bridgehead atoms. The molecule has 4 nitrogen and oxygen atoms in total. The molecule has 2 amide bonds. The van der Waals surface area contributed by atoms with Crippen molar-refractivity contribution in [1.82, 2.24) is 4.90 Å². The number of nitrogens with zero attached hydrogens (tertiary/aromatic N) is 2. The molecule has 1 aromatic rings. The maximum Gasteiger partial charge on any atom is 0.249 e. The fourth-order valence-electron chi connectivity index (χ4n) is 2.64. The van der Waals surface area contributed by atoms with Crippen molar-refractivity contribution in [2.45, 2.75) is 40.2 Å². The van der Waals surface area contributed by atoms with Crippen LogP contribution in [0.15, 0.2) is 28.7 Å². The van der Waals surface area contributed by atoms with E-state index in [1.165, 1.54) is 0 Å². The van der Waals surface area contributed by atoms with Gasteiger partial charge >= 0.3 is 0 Å². The highest BCUT2D eigenvalue weighted by Gasteiger charge is 2.35. The number of rotatable bonds is 2. The monoisotopic (exact) mass is 366 g/mol. The minimum Gasteiger partial charge on any atom is -0.329 e. The van der Waals surface area contributed by atoms with Crippen LogP contribution in [0, 0.1) is 5.41 Å². The molecule has 1 unspecified atom stereocenters. The lowest BCUT2D eigenvalue weighted by Crippen LogP contribution is -2.58. The maximum absolute atomic E-state index is 12.6. The molecule has 1 atom stereocenters. The highest BCUT2D eigenvalue weighted by atomic mass is 79.9. The molecule has 1 aliphatic heterocycles. The van der Waals surface area contributed by atoms with Gasteiger partial charge in [-0.25, -0.2) is 0 Å². The van der Waals surface area contributed by atoms with E-state index in [0.29, 0.717) is 19.5 Å². The summed E-state index contributed by atoms with van der Waals surface area (Å²) >= 11 is 3.40. The van der Waals surface area contributed by atoms with E-state index in [2.05, 4.69) is 15.9 Å². The smallest absolute Gasteiger partial charge is 0.249 e. The molecule has 0 spiro atoms. The number of hydrogen-bond acceptors (Lipinski definition) is 2. The van der Waals surface area contributed by atoms with Crippen LogP contribution in [0.5, 0.6) is 0 Å². The first kappa shape index (κ1) is 17.0. The maximum atomic E-state index is 12.6. The molecule has 1 heterocycles. The highest BCUT2D eigenvalue weighted by Crippen LogP contribution is 2.25. The quantitative estimate of drug-likeness (QED) is 0.803. The van der Waals surface area contributed by atoms with Gasteiger partial charge in [-0.05, 0) is 36.6 Å². The van der Waals surface area contributed by atoms with Crippen LogP contribution in [0.1, 0.15) is 34.1 Å².